The summed E-state index contributed by atoms with van der Waals surface area (Å²) in [4.78, 5) is 4.26. The summed E-state index contributed by atoms with van der Waals surface area (Å²) < 4.78 is 32.4. The number of fused-ring (bicyclic) bond motifs is 1. The molecule has 29 heavy (non-hydrogen) atoms. The van der Waals surface area contributed by atoms with Crippen molar-refractivity contribution in [2.45, 2.75) is 18.8 Å². The van der Waals surface area contributed by atoms with Gasteiger partial charge in [0.05, 0.1) is 0 Å². The number of allylic oxidation sites excluding steroid dienone is 1. The Balaban J connectivity index is 1.65. The van der Waals surface area contributed by atoms with Gasteiger partial charge in [-0.05, 0) is 42.3 Å². The van der Waals surface area contributed by atoms with E-state index in [2.05, 4.69) is 20.3 Å². The maximum atomic E-state index is 13.6. The Morgan fingerprint density at radius 3 is 2.14 bits per heavy atom. The van der Waals surface area contributed by atoms with Crippen LogP contribution in [0.25, 0.3) is 17.7 Å². The summed E-state index contributed by atoms with van der Waals surface area (Å²) in [6, 6.07) is 12.8. The zero-order valence-corrected chi connectivity index (χ0v) is 15.5. The van der Waals surface area contributed by atoms with E-state index >= 15 is 0 Å². The fraction of sp³-hybridized carbons (Fsp3) is 0.136. The maximum Gasteiger partial charge on any atom is 0.279 e. The van der Waals surface area contributed by atoms with Crippen LogP contribution in [0.4, 0.5) is 8.78 Å². The quantitative estimate of drug-likeness (QED) is 0.555. The zero-order chi connectivity index (χ0) is 20.0. The number of nitrogens with zero attached hydrogens (tertiary/aromatic N) is 3. The molecule has 0 unspecified atom stereocenters. The van der Waals surface area contributed by atoms with E-state index in [0.29, 0.717) is 23.8 Å². The van der Waals surface area contributed by atoms with Crippen LogP contribution in [0.1, 0.15) is 28.2 Å². The number of H-pyrrole nitrogens is 1. The van der Waals surface area contributed by atoms with Crippen LogP contribution in [-0.4, -0.2) is 20.3 Å². The highest BCUT2D eigenvalue weighted by Crippen LogP contribution is 2.42. The Morgan fingerprint density at radius 1 is 0.966 bits per heavy atom. The van der Waals surface area contributed by atoms with Crippen LogP contribution in [0.3, 0.4) is 0 Å². The highest BCUT2D eigenvalue weighted by molar-refractivity contribution is 5.73. The maximum absolute atomic E-state index is 13.6. The smallest absolute Gasteiger partial charge is 0.279 e. The number of nitrogens with one attached hydrogen (secondary N) is 1. The van der Waals surface area contributed by atoms with Crippen molar-refractivity contribution in [1.29, 1.82) is 0 Å². The molecule has 5 nitrogen and oxygen atoms in total. The molecule has 0 radical (unpaired) electrons. The summed E-state index contributed by atoms with van der Waals surface area (Å²) in [6.45, 7) is 1.75. The lowest BCUT2D eigenvalue weighted by Crippen LogP contribution is -2.30. The fourth-order valence-corrected chi connectivity index (χ4v) is 3.88. The van der Waals surface area contributed by atoms with Crippen LogP contribution in [0.2, 0.25) is 0 Å². The second kappa shape index (κ2) is 6.48. The molecule has 0 atom stereocenters. The van der Waals surface area contributed by atoms with E-state index in [1.165, 1.54) is 24.3 Å². The molecule has 1 aliphatic rings. The molecule has 0 spiro atoms. The Morgan fingerprint density at radius 2 is 1.59 bits per heavy atom. The number of hydrogen-bond acceptors (Lipinski definition) is 4. The molecule has 0 saturated heterocycles. The van der Waals surface area contributed by atoms with Crippen molar-refractivity contribution < 1.29 is 13.3 Å². The average molecular weight is 390 g/mol. The van der Waals surface area contributed by atoms with Gasteiger partial charge in [-0.1, -0.05) is 41.6 Å². The first-order valence-corrected chi connectivity index (χ1v) is 9.14. The molecular weight excluding hydrogens is 374 g/mol. The van der Waals surface area contributed by atoms with Gasteiger partial charge in [-0.25, -0.2) is 8.78 Å². The summed E-state index contributed by atoms with van der Waals surface area (Å²) >= 11 is 0. The first-order valence-electron chi connectivity index (χ1n) is 9.14. The predicted molar refractivity (Wildman–Crippen MR) is 103 cm³/mol. The molecular formula is C22H16F2N4O. The van der Waals surface area contributed by atoms with Crippen LogP contribution in [0, 0.1) is 18.6 Å². The molecule has 0 bridgehead atoms. The van der Waals surface area contributed by atoms with E-state index in [1.54, 1.807) is 31.2 Å². The number of rotatable bonds is 3. The lowest BCUT2D eigenvalue weighted by Gasteiger charge is -2.34. The third kappa shape index (κ3) is 2.86. The minimum atomic E-state index is -0.594. The van der Waals surface area contributed by atoms with Gasteiger partial charge >= 0.3 is 0 Å². The summed E-state index contributed by atoms with van der Waals surface area (Å²) in [5.74, 6) is 0.266. The van der Waals surface area contributed by atoms with Gasteiger partial charge in [0.25, 0.3) is 5.89 Å². The standard InChI is InChI=1S/C22H16F2N4O/c1-13-25-21(29-28-13)20-18-10-11-22(12-19(18)26-27-20,14-2-6-16(23)7-3-14)15-4-8-17(24)9-5-15/h2-11H,12H2,1H3,(H,26,27). The van der Waals surface area contributed by atoms with Gasteiger partial charge in [0, 0.05) is 23.1 Å². The highest BCUT2D eigenvalue weighted by Gasteiger charge is 2.37. The van der Waals surface area contributed by atoms with Crippen molar-refractivity contribution in [3.63, 3.8) is 0 Å². The molecule has 2 aromatic heterocycles. The molecule has 1 N–H and O–H groups in total. The molecule has 144 valence electrons. The third-order valence-corrected chi connectivity index (χ3v) is 5.32. The first-order chi connectivity index (χ1) is 14.0. The molecule has 0 aliphatic heterocycles. The van der Waals surface area contributed by atoms with Gasteiger partial charge in [-0.2, -0.15) is 10.1 Å². The third-order valence-electron chi connectivity index (χ3n) is 5.32. The summed E-state index contributed by atoms with van der Waals surface area (Å²) in [6.07, 6.45) is 4.53. The Hall–Kier alpha value is -3.61. The van der Waals surface area contributed by atoms with Gasteiger partial charge in [-0.15, -0.1) is 0 Å². The van der Waals surface area contributed by atoms with Gasteiger partial charge in [0.15, 0.2) is 11.5 Å². The number of halogens is 2. The van der Waals surface area contributed by atoms with Crippen molar-refractivity contribution in [1.82, 2.24) is 20.3 Å². The van der Waals surface area contributed by atoms with Crippen LogP contribution < -0.4 is 0 Å². The number of aromatic nitrogens is 4. The molecule has 5 rings (SSSR count). The Kier molecular flexibility index (Phi) is 3.91. The highest BCUT2D eigenvalue weighted by atomic mass is 19.1. The average Bonchev–Trinajstić information content (AvgIpc) is 3.34. The molecule has 1 aliphatic carbocycles. The molecule has 7 heteroatoms. The normalized spacial score (nSPS) is 14.7. The van der Waals surface area contributed by atoms with Gasteiger partial charge in [0.1, 0.15) is 11.6 Å². The minimum Gasteiger partial charge on any atom is -0.332 e. The van der Waals surface area contributed by atoms with Crippen molar-refractivity contribution in [2.75, 3.05) is 0 Å². The van der Waals surface area contributed by atoms with Crippen LogP contribution in [0.15, 0.2) is 59.1 Å². The SMILES string of the molecule is Cc1noc(-c2n[nH]c3c2C=CC(c2ccc(F)cc2)(c2ccc(F)cc2)C3)n1. The van der Waals surface area contributed by atoms with E-state index in [-0.39, 0.29) is 11.6 Å². The topological polar surface area (TPSA) is 67.6 Å². The molecule has 2 heterocycles. The molecule has 0 saturated carbocycles. The van der Waals surface area contributed by atoms with Crippen LogP contribution in [-0.2, 0) is 11.8 Å². The lowest BCUT2D eigenvalue weighted by atomic mass is 9.68. The lowest BCUT2D eigenvalue weighted by molar-refractivity contribution is 0.424. The van der Waals surface area contributed by atoms with Crippen molar-refractivity contribution in [3.05, 3.63) is 94.5 Å². The summed E-state index contributed by atoms with van der Waals surface area (Å²) in [5.41, 5.74) is 3.54. The fourth-order valence-electron chi connectivity index (χ4n) is 3.88. The van der Waals surface area contributed by atoms with Crippen LogP contribution in [0.5, 0.6) is 0 Å². The van der Waals surface area contributed by atoms with Crippen molar-refractivity contribution in [2.24, 2.45) is 0 Å². The second-order valence-electron chi connectivity index (χ2n) is 7.11. The van der Waals surface area contributed by atoms with E-state index in [9.17, 15) is 8.78 Å². The Bertz CT molecular complexity index is 1160. The van der Waals surface area contributed by atoms with Gasteiger partial charge in [-0.3, -0.25) is 5.10 Å². The van der Waals surface area contributed by atoms with Gasteiger partial charge in [0.2, 0.25) is 0 Å². The number of aromatic amines is 1. The monoisotopic (exact) mass is 390 g/mol. The molecule has 0 fully saturated rings. The van der Waals surface area contributed by atoms with Gasteiger partial charge < -0.3 is 4.52 Å². The summed E-state index contributed by atoms with van der Waals surface area (Å²) in [5, 5.41) is 11.3. The van der Waals surface area contributed by atoms with Crippen molar-refractivity contribution in [3.8, 4) is 11.6 Å². The Labute approximate surface area is 165 Å². The largest absolute Gasteiger partial charge is 0.332 e. The second-order valence-corrected chi connectivity index (χ2v) is 7.11. The minimum absolute atomic E-state index is 0.306. The van der Waals surface area contributed by atoms with E-state index in [1.807, 2.05) is 12.2 Å². The number of aryl methyl sites for hydroxylation is 1. The number of benzene rings is 2. The number of hydrogen-bond donors (Lipinski definition) is 1. The molecule has 2 aromatic carbocycles. The summed E-state index contributed by atoms with van der Waals surface area (Å²) in [7, 11) is 0. The van der Waals surface area contributed by atoms with E-state index in [4.69, 9.17) is 4.52 Å². The molecule has 4 aromatic rings. The van der Waals surface area contributed by atoms with Crippen molar-refractivity contribution >= 4 is 6.08 Å². The van der Waals surface area contributed by atoms with E-state index < -0.39 is 5.41 Å². The zero-order valence-electron chi connectivity index (χ0n) is 15.5. The van der Waals surface area contributed by atoms with E-state index in [0.717, 1.165) is 22.4 Å². The van der Waals surface area contributed by atoms with Crippen LogP contribution >= 0.6 is 0 Å². The first kappa shape index (κ1) is 17.5. The predicted octanol–water partition coefficient (Wildman–Crippen LogP) is 4.60. The molecule has 0 amide bonds.